The van der Waals surface area contributed by atoms with Gasteiger partial charge in [0.15, 0.2) is 11.5 Å². The van der Waals surface area contributed by atoms with Crippen molar-refractivity contribution in [3.05, 3.63) is 87.4 Å². The van der Waals surface area contributed by atoms with E-state index in [2.05, 4.69) is 10.5 Å². The molecule has 1 amide bonds. The van der Waals surface area contributed by atoms with Gasteiger partial charge >= 0.3 is 0 Å². The molecule has 0 saturated heterocycles. The van der Waals surface area contributed by atoms with Crippen molar-refractivity contribution in [1.82, 2.24) is 5.43 Å². The van der Waals surface area contributed by atoms with E-state index in [1.807, 2.05) is 25.1 Å². The first kappa shape index (κ1) is 23.4. The summed E-state index contributed by atoms with van der Waals surface area (Å²) in [6.45, 7) is 2.64. The van der Waals surface area contributed by atoms with Crippen LogP contribution in [0, 0.1) is 0 Å². The van der Waals surface area contributed by atoms with Crippen LogP contribution in [0.5, 0.6) is 17.2 Å². The molecule has 0 aliphatic rings. The van der Waals surface area contributed by atoms with Gasteiger partial charge in [-0.1, -0.05) is 41.4 Å². The number of hydrogen-bond acceptors (Lipinski definition) is 5. The van der Waals surface area contributed by atoms with Crippen LogP contribution in [0.3, 0.4) is 0 Å². The molecule has 0 spiro atoms. The fraction of sp³-hybridized carbons (Fsp3) is 0.167. The van der Waals surface area contributed by atoms with Gasteiger partial charge < -0.3 is 14.2 Å². The summed E-state index contributed by atoms with van der Waals surface area (Å²) < 4.78 is 16.6. The molecular weight excluding hydrogens is 451 g/mol. The summed E-state index contributed by atoms with van der Waals surface area (Å²) in [5.74, 6) is 1.18. The number of methoxy groups -OCH3 is 1. The minimum Gasteiger partial charge on any atom is -0.493 e. The fourth-order valence-corrected chi connectivity index (χ4v) is 3.20. The summed E-state index contributed by atoms with van der Waals surface area (Å²) in [5.41, 5.74) is 4.33. The molecule has 0 aliphatic heterocycles. The summed E-state index contributed by atoms with van der Waals surface area (Å²) in [5, 5.41) is 5.18. The minimum atomic E-state index is -0.400. The largest absolute Gasteiger partial charge is 0.493 e. The maximum atomic E-state index is 12.5. The molecule has 166 valence electrons. The predicted molar refractivity (Wildman–Crippen MR) is 126 cm³/mol. The molecule has 6 nitrogen and oxygen atoms in total. The van der Waals surface area contributed by atoms with E-state index < -0.39 is 5.91 Å². The number of hydrazone groups is 1. The van der Waals surface area contributed by atoms with Crippen molar-refractivity contribution in [3.63, 3.8) is 0 Å². The minimum absolute atomic E-state index is 0.278. The van der Waals surface area contributed by atoms with Crippen LogP contribution in [0.15, 0.2) is 65.8 Å². The molecular formula is C24H22Cl2N2O4. The zero-order valence-electron chi connectivity index (χ0n) is 17.6. The maximum Gasteiger partial charge on any atom is 0.271 e. The average molecular weight is 473 g/mol. The Hall–Kier alpha value is -3.22. The first-order valence-electron chi connectivity index (χ1n) is 9.81. The number of nitrogens with one attached hydrogen (secondary N) is 1. The molecule has 0 radical (unpaired) electrons. The first-order valence-corrected chi connectivity index (χ1v) is 10.6. The zero-order chi connectivity index (χ0) is 22.9. The molecule has 3 aromatic carbocycles. The van der Waals surface area contributed by atoms with Crippen molar-refractivity contribution in [2.24, 2.45) is 5.10 Å². The van der Waals surface area contributed by atoms with E-state index in [0.29, 0.717) is 45.0 Å². The van der Waals surface area contributed by atoms with Gasteiger partial charge in [-0.05, 0) is 49.4 Å². The molecule has 0 saturated carbocycles. The van der Waals surface area contributed by atoms with Crippen LogP contribution in [0.25, 0.3) is 0 Å². The number of benzene rings is 3. The third-order valence-electron chi connectivity index (χ3n) is 4.41. The molecule has 32 heavy (non-hydrogen) atoms. The molecule has 8 heteroatoms. The van der Waals surface area contributed by atoms with Crippen LogP contribution in [-0.4, -0.2) is 25.8 Å². The van der Waals surface area contributed by atoms with E-state index in [-0.39, 0.29) is 6.61 Å². The second-order valence-corrected chi connectivity index (χ2v) is 7.40. The highest BCUT2D eigenvalue weighted by molar-refractivity contribution is 6.31. The zero-order valence-corrected chi connectivity index (χ0v) is 19.1. The molecule has 0 aliphatic carbocycles. The SMILES string of the molecule is CCOc1ccc(C(=O)N/N=C/c2cc(Cl)ccc2OCc2ccccc2Cl)cc1OC. The average Bonchev–Trinajstić information content (AvgIpc) is 2.80. The second-order valence-electron chi connectivity index (χ2n) is 6.56. The quantitative estimate of drug-likeness (QED) is 0.318. The van der Waals surface area contributed by atoms with Crippen LogP contribution in [0.1, 0.15) is 28.4 Å². The van der Waals surface area contributed by atoms with Crippen LogP contribution in [0.4, 0.5) is 0 Å². The number of amides is 1. The number of rotatable bonds is 9. The standard InChI is InChI=1S/C24H22Cl2N2O4/c1-3-31-22-10-8-16(13-23(22)30-2)24(29)28-27-14-18-12-19(25)9-11-21(18)32-15-17-6-4-5-7-20(17)26/h4-14H,3,15H2,1-2H3,(H,28,29)/b27-14+. The fourth-order valence-electron chi connectivity index (χ4n) is 2.83. The number of nitrogens with zero attached hydrogens (tertiary/aromatic N) is 1. The molecule has 0 unspecified atom stereocenters. The van der Waals surface area contributed by atoms with E-state index >= 15 is 0 Å². The number of hydrogen-bond donors (Lipinski definition) is 1. The van der Waals surface area contributed by atoms with E-state index in [1.54, 1.807) is 42.5 Å². The third kappa shape index (κ3) is 6.15. The first-order chi connectivity index (χ1) is 15.5. The van der Waals surface area contributed by atoms with Crippen molar-refractivity contribution in [2.75, 3.05) is 13.7 Å². The number of ether oxygens (including phenoxy) is 3. The third-order valence-corrected chi connectivity index (χ3v) is 5.01. The van der Waals surface area contributed by atoms with E-state index in [1.165, 1.54) is 13.3 Å². The van der Waals surface area contributed by atoms with Gasteiger partial charge in [-0.3, -0.25) is 4.79 Å². The van der Waals surface area contributed by atoms with Crippen LogP contribution >= 0.6 is 23.2 Å². The van der Waals surface area contributed by atoms with Gasteiger partial charge in [-0.15, -0.1) is 0 Å². The van der Waals surface area contributed by atoms with E-state index in [0.717, 1.165) is 5.56 Å². The summed E-state index contributed by atoms with van der Waals surface area (Å²) >= 11 is 12.3. The molecule has 0 atom stereocenters. The normalized spacial score (nSPS) is 10.8. The number of halogens is 2. The van der Waals surface area contributed by atoms with Gasteiger partial charge in [0.2, 0.25) is 0 Å². The summed E-state index contributed by atoms with van der Waals surface area (Å²) in [6, 6.07) is 17.5. The number of carbonyl (C=O) groups excluding carboxylic acids is 1. The van der Waals surface area contributed by atoms with Gasteiger partial charge in [0.25, 0.3) is 5.91 Å². The number of carbonyl (C=O) groups is 1. The molecule has 0 heterocycles. The van der Waals surface area contributed by atoms with Gasteiger partial charge in [0.1, 0.15) is 12.4 Å². The second kappa shape index (κ2) is 11.4. The lowest BCUT2D eigenvalue weighted by Gasteiger charge is -2.11. The summed E-state index contributed by atoms with van der Waals surface area (Å²) in [6.07, 6.45) is 1.47. The Balaban J connectivity index is 1.70. The highest BCUT2D eigenvalue weighted by Gasteiger charge is 2.11. The molecule has 3 rings (SSSR count). The van der Waals surface area contributed by atoms with E-state index in [9.17, 15) is 4.79 Å². The van der Waals surface area contributed by atoms with Crippen molar-refractivity contribution in [2.45, 2.75) is 13.5 Å². The van der Waals surface area contributed by atoms with Crippen molar-refractivity contribution in [1.29, 1.82) is 0 Å². The Labute approximate surface area is 196 Å². The Morgan fingerprint density at radius 3 is 2.53 bits per heavy atom. The maximum absolute atomic E-state index is 12.5. The van der Waals surface area contributed by atoms with Gasteiger partial charge in [-0.2, -0.15) is 5.10 Å². The Kier molecular flexibility index (Phi) is 8.36. The molecule has 0 aromatic heterocycles. The van der Waals surface area contributed by atoms with Gasteiger partial charge in [0, 0.05) is 26.7 Å². The van der Waals surface area contributed by atoms with Gasteiger partial charge in [0.05, 0.1) is 19.9 Å². The molecule has 1 N–H and O–H groups in total. The lowest BCUT2D eigenvalue weighted by Crippen LogP contribution is -2.17. The van der Waals surface area contributed by atoms with Crippen molar-refractivity contribution < 1.29 is 19.0 Å². The lowest BCUT2D eigenvalue weighted by molar-refractivity contribution is 0.0954. The van der Waals surface area contributed by atoms with Crippen LogP contribution in [-0.2, 0) is 6.61 Å². The molecule has 3 aromatic rings. The topological polar surface area (TPSA) is 69.2 Å². The molecule has 0 fully saturated rings. The van der Waals surface area contributed by atoms with E-state index in [4.69, 9.17) is 37.4 Å². The van der Waals surface area contributed by atoms with Crippen LogP contribution < -0.4 is 19.6 Å². The monoisotopic (exact) mass is 472 g/mol. The summed E-state index contributed by atoms with van der Waals surface area (Å²) in [7, 11) is 1.51. The van der Waals surface area contributed by atoms with Crippen LogP contribution in [0.2, 0.25) is 10.0 Å². The smallest absolute Gasteiger partial charge is 0.271 e. The highest BCUT2D eigenvalue weighted by Crippen LogP contribution is 2.28. The Bertz CT molecular complexity index is 1120. The predicted octanol–water partition coefficient (Wildman–Crippen LogP) is 5.74. The lowest BCUT2D eigenvalue weighted by atomic mass is 10.2. The summed E-state index contributed by atoms with van der Waals surface area (Å²) in [4.78, 5) is 12.5. The highest BCUT2D eigenvalue weighted by atomic mass is 35.5. The van der Waals surface area contributed by atoms with Gasteiger partial charge in [-0.25, -0.2) is 5.43 Å². The van der Waals surface area contributed by atoms with Crippen molar-refractivity contribution in [3.8, 4) is 17.2 Å². The molecule has 0 bridgehead atoms. The Morgan fingerprint density at radius 2 is 1.78 bits per heavy atom. The van der Waals surface area contributed by atoms with Crippen molar-refractivity contribution >= 4 is 35.3 Å². The Morgan fingerprint density at radius 1 is 1.00 bits per heavy atom.